The third-order valence-electron chi connectivity index (χ3n) is 4.23. The van der Waals surface area contributed by atoms with Gasteiger partial charge in [0.25, 0.3) is 6.29 Å². The molecule has 26 heavy (non-hydrogen) atoms. The summed E-state index contributed by atoms with van der Waals surface area (Å²) in [5.74, 6) is 3.67. The van der Waals surface area contributed by atoms with Gasteiger partial charge in [0, 0.05) is 12.0 Å². The van der Waals surface area contributed by atoms with Crippen molar-refractivity contribution < 1.29 is 29.3 Å². The first-order valence-corrected chi connectivity index (χ1v) is 7.83. The molecule has 0 bridgehead atoms. The molecule has 2 unspecified atom stereocenters. The SMILES string of the molecule is CC(Cc1ccc(O)c(O)c1)(NN)C(=O)OC1OC(=O)c2ccccc21. The van der Waals surface area contributed by atoms with Crippen LogP contribution >= 0.6 is 0 Å². The highest BCUT2D eigenvalue weighted by Crippen LogP contribution is 2.33. The number of carbonyl (C=O) groups is 2. The van der Waals surface area contributed by atoms with Crippen LogP contribution in [0.3, 0.4) is 0 Å². The van der Waals surface area contributed by atoms with E-state index in [4.69, 9.17) is 15.3 Å². The van der Waals surface area contributed by atoms with Crippen LogP contribution < -0.4 is 11.3 Å². The van der Waals surface area contributed by atoms with Gasteiger partial charge < -0.3 is 19.7 Å². The van der Waals surface area contributed by atoms with Crippen molar-refractivity contribution in [2.45, 2.75) is 25.2 Å². The van der Waals surface area contributed by atoms with Crippen LogP contribution in [0.15, 0.2) is 42.5 Å². The summed E-state index contributed by atoms with van der Waals surface area (Å²) in [5, 5.41) is 19.0. The lowest BCUT2D eigenvalue weighted by molar-refractivity contribution is -0.175. The largest absolute Gasteiger partial charge is 0.504 e. The third-order valence-corrected chi connectivity index (χ3v) is 4.23. The fourth-order valence-corrected chi connectivity index (χ4v) is 2.70. The topological polar surface area (TPSA) is 131 Å². The lowest BCUT2D eigenvalue weighted by atomic mass is 9.93. The quantitative estimate of drug-likeness (QED) is 0.272. The van der Waals surface area contributed by atoms with E-state index in [0.717, 1.165) is 0 Å². The van der Waals surface area contributed by atoms with Gasteiger partial charge in [0.15, 0.2) is 11.5 Å². The molecule has 1 aliphatic rings. The molecule has 0 aliphatic carbocycles. The molecule has 2 aromatic rings. The first-order chi connectivity index (χ1) is 12.3. The summed E-state index contributed by atoms with van der Waals surface area (Å²) >= 11 is 0. The number of hydrazine groups is 1. The number of phenols is 2. The smallest absolute Gasteiger partial charge is 0.342 e. The van der Waals surface area contributed by atoms with Gasteiger partial charge in [-0.15, -0.1) is 0 Å². The van der Waals surface area contributed by atoms with Crippen LogP contribution in [0.2, 0.25) is 0 Å². The molecule has 0 saturated heterocycles. The normalized spacial score (nSPS) is 17.9. The summed E-state index contributed by atoms with van der Waals surface area (Å²) in [6.45, 7) is 1.52. The van der Waals surface area contributed by atoms with Crippen molar-refractivity contribution in [3.8, 4) is 11.5 Å². The summed E-state index contributed by atoms with van der Waals surface area (Å²) in [6.07, 6.45) is -1.08. The molecule has 0 aromatic heterocycles. The second-order valence-electron chi connectivity index (χ2n) is 6.21. The van der Waals surface area contributed by atoms with Crippen molar-refractivity contribution in [2.75, 3.05) is 0 Å². The van der Waals surface area contributed by atoms with Crippen LogP contribution in [0.1, 0.15) is 34.7 Å². The zero-order valence-corrected chi connectivity index (χ0v) is 13.9. The van der Waals surface area contributed by atoms with Gasteiger partial charge in [-0.25, -0.2) is 15.0 Å². The van der Waals surface area contributed by atoms with E-state index in [2.05, 4.69) is 5.43 Å². The van der Waals surface area contributed by atoms with E-state index in [1.807, 2.05) is 0 Å². The van der Waals surface area contributed by atoms with Crippen molar-refractivity contribution in [1.82, 2.24) is 5.43 Å². The Hall–Kier alpha value is -3.10. The number of hydrogen-bond acceptors (Lipinski definition) is 8. The van der Waals surface area contributed by atoms with E-state index in [-0.39, 0.29) is 17.9 Å². The minimum absolute atomic E-state index is 0.0679. The van der Waals surface area contributed by atoms with Gasteiger partial charge in [0.05, 0.1) is 5.56 Å². The summed E-state index contributed by atoms with van der Waals surface area (Å²) in [4.78, 5) is 24.5. The molecule has 136 valence electrons. The van der Waals surface area contributed by atoms with Gasteiger partial charge in [0.1, 0.15) is 5.54 Å². The standard InChI is InChI=1S/C18H18N2O6/c1-18(20-19,9-10-6-7-13(21)14(22)8-10)17(24)26-16-12-5-3-2-4-11(12)15(23)25-16/h2-8,16,20-22H,9,19H2,1H3. The Morgan fingerprint density at radius 2 is 2.00 bits per heavy atom. The van der Waals surface area contributed by atoms with Crippen LogP contribution in [0, 0.1) is 0 Å². The summed E-state index contributed by atoms with van der Waals surface area (Å²) in [5.41, 5.74) is 2.41. The molecular formula is C18H18N2O6. The van der Waals surface area contributed by atoms with E-state index >= 15 is 0 Å². The van der Waals surface area contributed by atoms with Gasteiger partial charge in [-0.05, 0) is 30.7 Å². The lowest BCUT2D eigenvalue weighted by Gasteiger charge is -2.28. The second kappa shape index (κ2) is 6.66. The number of fused-ring (bicyclic) bond motifs is 1. The first kappa shape index (κ1) is 17.7. The number of hydrogen-bond donors (Lipinski definition) is 4. The Morgan fingerprint density at radius 3 is 2.69 bits per heavy atom. The molecule has 5 N–H and O–H groups in total. The zero-order valence-electron chi connectivity index (χ0n) is 13.9. The average molecular weight is 358 g/mol. The minimum Gasteiger partial charge on any atom is -0.504 e. The predicted molar refractivity (Wildman–Crippen MR) is 89.9 cm³/mol. The highest BCUT2D eigenvalue weighted by atomic mass is 16.7. The number of aromatic hydroxyl groups is 2. The average Bonchev–Trinajstić information content (AvgIpc) is 2.94. The number of esters is 2. The van der Waals surface area contributed by atoms with E-state index in [1.165, 1.54) is 19.1 Å². The minimum atomic E-state index is -1.35. The highest BCUT2D eigenvalue weighted by Gasteiger charge is 2.40. The van der Waals surface area contributed by atoms with Crippen molar-refractivity contribution in [3.63, 3.8) is 0 Å². The maximum atomic E-state index is 12.7. The molecule has 2 atom stereocenters. The monoisotopic (exact) mass is 358 g/mol. The number of benzene rings is 2. The maximum absolute atomic E-state index is 12.7. The summed E-state index contributed by atoms with van der Waals surface area (Å²) in [6, 6.07) is 10.8. The molecule has 8 heteroatoms. The molecule has 0 spiro atoms. The molecule has 2 aromatic carbocycles. The maximum Gasteiger partial charge on any atom is 0.342 e. The van der Waals surface area contributed by atoms with Crippen LogP contribution in [0.4, 0.5) is 0 Å². The van der Waals surface area contributed by atoms with Gasteiger partial charge in [-0.1, -0.05) is 24.3 Å². The van der Waals surface area contributed by atoms with Gasteiger partial charge in [-0.3, -0.25) is 5.84 Å². The van der Waals surface area contributed by atoms with Gasteiger partial charge >= 0.3 is 11.9 Å². The second-order valence-corrected chi connectivity index (χ2v) is 6.21. The number of carbonyl (C=O) groups excluding carboxylic acids is 2. The Morgan fingerprint density at radius 1 is 1.27 bits per heavy atom. The molecule has 0 fully saturated rings. The predicted octanol–water partition coefficient (Wildman–Crippen LogP) is 1.27. The van der Waals surface area contributed by atoms with Crippen molar-refractivity contribution in [2.24, 2.45) is 5.84 Å². The number of phenolic OH excluding ortho intramolecular Hbond substituents is 2. The van der Waals surface area contributed by atoms with E-state index < -0.39 is 23.8 Å². The Kier molecular flexibility index (Phi) is 4.54. The summed E-state index contributed by atoms with van der Waals surface area (Å²) in [7, 11) is 0. The molecule has 0 amide bonds. The number of cyclic esters (lactones) is 1. The van der Waals surface area contributed by atoms with Crippen LogP contribution in [0.25, 0.3) is 0 Å². The zero-order chi connectivity index (χ0) is 18.9. The molecule has 0 radical (unpaired) electrons. The van der Waals surface area contributed by atoms with E-state index in [9.17, 15) is 19.8 Å². The van der Waals surface area contributed by atoms with E-state index in [0.29, 0.717) is 16.7 Å². The van der Waals surface area contributed by atoms with Gasteiger partial charge in [0.2, 0.25) is 0 Å². The third kappa shape index (κ3) is 3.19. The highest BCUT2D eigenvalue weighted by molar-refractivity contribution is 5.94. The molecular weight excluding hydrogens is 340 g/mol. The Labute approximate surface area is 149 Å². The van der Waals surface area contributed by atoms with Crippen LogP contribution in [-0.4, -0.2) is 27.7 Å². The number of ether oxygens (including phenoxy) is 2. The Balaban J connectivity index is 1.78. The molecule has 3 rings (SSSR count). The summed E-state index contributed by atoms with van der Waals surface area (Å²) < 4.78 is 10.5. The van der Waals surface area contributed by atoms with Crippen molar-refractivity contribution in [3.05, 3.63) is 59.2 Å². The van der Waals surface area contributed by atoms with Crippen LogP contribution in [-0.2, 0) is 20.7 Å². The Bertz CT molecular complexity index is 869. The number of nitrogens with two attached hydrogens (primary N) is 1. The van der Waals surface area contributed by atoms with E-state index in [1.54, 1.807) is 30.3 Å². The molecule has 1 aliphatic heterocycles. The van der Waals surface area contributed by atoms with Crippen molar-refractivity contribution in [1.29, 1.82) is 0 Å². The molecule has 1 heterocycles. The van der Waals surface area contributed by atoms with Crippen LogP contribution in [0.5, 0.6) is 11.5 Å². The number of nitrogens with one attached hydrogen (secondary N) is 1. The molecule has 0 saturated carbocycles. The fraction of sp³-hybridized carbons (Fsp3) is 0.222. The fourth-order valence-electron chi connectivity index (χ4n) is 2.70. The van der Waals surface area contributed by atoms with Gasteiger partial charge in [-0.2, -0.15) is 0 Å². The van der Waals surface area contributed by atoms with Crippen molar-refractivity contribution >= 4 is 11.9 Å². The molecule has 8 nitrogen and oxygen atoms in total. The number of rotatable bonds is 5. The lowest BCUT2D eigenvalue weighted by Crippen LogP contribution is -2.55. The first-order valence-electron chi connectivity index (χ1n) is 7.83.